The third kappa shape index (κ3) is 4.84. The minimum absolute atomic E-state index is 0.00581. The molecule has 10 heteroatoms. The van der Waals surface area contributed by atoms with Crippen molar-refractivity contribution < 1.29 is 19.2 Å². The van der Waals surface area contributed by atoms with Crippen LogP contribution in [0.4, 0.5) is 17.2 Å². The van der Waals surface area contributed by atoms with Crippen LogP contribution in [0.15, 0.2) is 49.3 Å². The zero-order valence-electron chi connectivity index (χ0n) is 19.1. The fourth-order valence-electron chi connectivity index (χ4n) is 4.01. The normalized spacial score (nSPS) is 13.7. The van der Waals surface area contributed by atoms with Gasteiger partial charge in [-0.25, -0.2) is 9.97 Å². The molecule has 2 heterocycles. The Hall–Kier alpha value is -4.65. The lowest BCUT2D eigenvalue weighted by Crippen LogP contribution is -2.41. The van der Waals surface area contributed by atoms with E-state index in [0.29, 0.717) is 42.7 Å². The van der Waals surface area contributed by atoms with E-state index in [-0.39, 0.29) is 40.4 Å². The van der Waals surface area contributed by atoms with Crippen molar-refractivity contribution in [2.75, 3.05) is 25.5 Å². The molecule has 3 aromatic rings. The summed E-state index contributed by atoms with van der Waals surface area (Å²) < 4.78 is 11.6. The summed E-state index contributed by atoms with van der Waals surface area (Å²) in [5.41, 5.74) is 1.28. The van der Waals surface area contributed by atoms with Gasteiger partial charge in [-0.1, -0.05) is 18.6 Å². The number of nitro groups is 1. The Balaban J connectivity index is 1.76. The van der Waals surface area contributed by atoms with Gasteiger partial charge in [-0.2, -0.15) is 0 Å². The van der Waals surface area contributed by atoms with Crippen LogP contribution in [0.2, 0.25) is 0 Å². The number of anilines is 2. The number of fused-ring (bicyclic) bond motifs is 1. The van der Waals surface area contributed by atoms with Crippen LogP contribution in [0.25, 0.3) is 10.9 Å². The van der Waals surface area contributed by atoms with Crippen molar-refractivity contribution >= 4 is 34.0 Å². The molecule has 2 aromatic carbocycles. The number of ether oxygens (including phenoxy) is 2. The van der Waals surface area contributed by atoms with Crippen molar-refractivity contribution in [3.05, 3.63) is 65.0 Å². The first-order valence-corrected chi connectivity index (χ1v) is 10.9. The van der Waals surface area contributed by atoms with Crippen LogP contribution in [0, 0.1) is 22.5 Å². The lowest BCUT2D eigenvalue weighted by atomic mass is 10.1. The fourth-order valence-corrected chi connectivity index (χ4v) is 4.01. The molecule has 35 heavy (non-hydrogen) atoms. The number of aromatic nitrogens is 2. The molecular weight excluding hydrogens is 450 g/mol. The van der Waals surface area contributed by atoms with Crippen LogP contribution < -0.4 is 14.8 Å². The van der Waals surface area contributed by atoms with E-state index < -0.39 is 4.92 Å². The molecule has 0 aliphatic carbocycles. The lowest BCUT2D eigenvalue weighted by Gasteiger charge is -2.31. The van der Waals surface area contributed by atoms with Gasteiger partial charge in [0.25, 0.3) is 0 Å². The van der Waals surface area contributed by atoms with Crippen LogP contribution >= 0.6 is 0 Å². The van der Waals surface area contributed by atoms with Crippen molar-refractivity contribution in [3.8, 4) is 23.8 Å². The molecule has 0 unspecified atom stereocenters. The number of rotatable bonds is 7. The summed E-state index contributed by atoms with van der Waals surface area (Å²) in [5.74, 6) is 2.82. The minimum atomic E-state index is -0.525. The van der Waals surface area contributed by atoms with Crippen molar-refractivity contribution in [2.45, 2.75) is 18.9 Å². The first-order chi connectivity index (χ1) is 16.9. The number of hydrogen-bond donors (Lipinski definition) is 1. The second-order valence-corrected chi connectivity index (χ2v) is 7.83. The summed E-state index contributed by atoms with van der Waals surface area (Å²) in [4.78, 5) is 33.8. The van der Waals surface area contributed by atoms with Crippen LogP contribution in [0.5, 0.6) is 11.5 Å². The van der Waals surface area contributed by atoms with E-state index in [4.69, 9.17) is 15.9 Å². The highest BCUT2D eigenvalue weighted by Gasteiger charge is 2.32. The maximum Gasteiger partial charge on any atom is 0.327 e. The summed E-state index contributed by atoms with van der Waals surface area (Å²) in [6, 6.07) is 8.64. The second kappa shape index (κ2) is 10.1. The minimum Gasteiger partial charge on any atom is -0.493 e. The zero-order valence-corrected chi connectivity index (χ0v) is 19.1. The van der Waals surface area contributed by atoms with Crippen LogP contribution in [0.1, 0.15) is 18.4 Å². The Morgan fingerprint density at radius 3 is 2.77 bits per heavy atom. The Kier molecular flexibility index (Phi) is 6.78. The molecule has 0 saturated carbocycles. The monoisotopic (exact) mass is 473 g/mol. The molecule has 0 atom stereocenters. The van der Waals surface area contributed by atoms with Crippen LogP contribution in [-0.4, -0.2) is 52.0 Å². The first kappa shape index (κ1) is 23.5. The van der Waals surface area contributed by atoms with Gasteiger partial charge in [0.15, 0.2) is 5.75 Å². The van der Waals surface area contributed by atoms with Gasteiger partial charge in [0, 0.05) is 43.2 Å². The van der Waals surface area contributed by atoms with Gasteiger partial charge in [0.1, 0.15) is 23.6 Å². The highest BCUT2D eigenvalue weighted by Crippen LogP contribution is 2.46. The predicted octanol–water partition coefficient (Wildman–Crippen LogP) is 3.83. The maximum atomic E-state index is 12.3. The number of hydrogen-bond acceptors (Lipinski definition) is 8. The van der Waals surface area contributed by atoms with E-state index in [1.165, 1.54) is 19.5 Å². The lowest BCUT2D eigenvalue weighted by molar-refractivity contribution is -0.384. The molecule has 1 aliphatic rings. The van der Waals surface area contributed by atoms with Gasteiger partial charge in [0.05, 0.1) is 17.5 Å². The number of benzene rings is 2. The van der Waals surface area contributed by atoms with Gasteiger partial charge in [-0.3, -0.25) is 14.9 Å². The number of nitrogens with zero attached hydrogens (tertiary/aromatic N) is 4. The van der Waals surface area contributed by atoms with Crippen molar-refractivity contribution in [1.29, 1.82) is 0 Å². The van der Waals surface area contributed by atoms with Gasteiger partial charge >= 0.3 is 5.69 Å². The van der Waals surface area contributed by atoms with Crippen molar-refractivity contribution in [1.82, 2.24) is 14.9 Å². The molecule has 0 bridgehead atoms. The summed E-state index contributed by atoms with van der Waals surface area (Å²) in [6.07, 6.45) is 8.74. The molecule has 1 N–H and O–H groups in total. The molecule has 0 radical (unpaired) electrons. The Morgan fingerprint density at radius 2 is 2.11 bits per heavy atom. The van der Waals surface area contributed by atoms with E-state index in [2.05, 4.69) is 27.8 Å². The van der Waals surface area contributed by atoms with E-state index in [1.807, 2.05) is 0 Å². The Labute approximate surface area is 201 Å². The van der Waals surface area contributed by atoms with E-state index in [1.54, 1.807) is 35.2 Å². The number of carbonyl (C=O) groups is 1. The highest BCUT2D eigenvalue weighted by molar-refractivity contribution is 6.01. The molecule has 1 fully saturated rings. The van der Waals surface area contributed by atoms with Gasteiger partial charge < -0.3 is 19.7 Å². The van der Waals surface area contributed by atoms with E-state index in [9.17, 15) is 14.9 Å². The Bertz CT molecular complexity index is 1340. The standard InChI is InChI=1S/C25H23N5O5/c1-4-16-7-6-8-17(13-16)28-25-22-19(26-15-27-25)14-20(34-3)24(23(22)30(32)33)35-18-9-11-29(12-10-18)21(31)5-2/h1,5-8,13-15,18H,2,9-12H2,3H3,(H,26,27,28). The third-order valence-corrected chi connectivity index (χ3v) is 5.73. The van der Waals surface area contributed by atoms with Gasteiger partial charge in [-0.15, -0.1) is 6.42 Å². The molecule has 178 valence electrons. The largest absolute Gasteiger partial charge is 0.493 e. The van der Waals surface area contributed by atoms with Crippen LogP contribution in [-0.2, 0) is 4.79 Å². The number of likely N-dealkylation sites (tertiary alicyclic amines) is 1. The first-order valence-electron chi connectivity index (χ1n) is 10.9. The molecule has 1 amide bonds. The molecule has 1 saturated heterocycles. The number of nitrogens with one attached hydrogen (secondary N) is 1. The smallest absolute Gasteiger partial charge is 0.327 e. The summed E-state index contributed by atoms with van der Waals surface area (Å²) >= 11 is 0. The molecule has 4 rings (SSSR count). The summed E-state index contributed by atoms with van der Waals surface area (Å²) in [6.45, 7) is 4.43. The number of methoxy groups -OCH3 is 1. The summed E-state index contributed by atoms with van der Waals surface area (Å²) in [5, 5.41) is 15.6. The van der Waals surface area contributed by atoms with Gasteiger partial charge in [0.2, 0.25) is 11.7 Å². The molecule has 1 aliphatic heterocycles. The number of terminal acetylenes is 1. The number of nitro benzene ring substituents is 1. The number of amides is 1. The topological polar surface area (TPSA) is 120 Å². The van der Waals surface area contributed by atoms with E-state index in [0.717, 1.165) is 0 Å². The number of piperidine rings is 1. The predicted molar refractivity (Wildman–Crippen MR) is 131 cm³/mol. The highest BCUT2D eigenvalue weighted by atomic mass is 16.6. The molecule has 1 aromatic heterocycles. The third-order valence-electron chi connectivity index (χ3n) is 5.73. The summed E-state index contributed by atoms with van der Waals surface area (Å²) in [7, 11) is 1.41. The fraction of sp³-hybridized carbons (Fsp3) is 0.240. The zero-order chi connectivity index (χ0) is 24.9. The van der Waals surface area contributed by atoms with Crippen molar-refractivity contribution in [2.24, 2.45) is 0 Å². The maximum absolute atomic E-state index is 12.3. The van der Waals surface area contributed by atoms with E-state index >= 15 is 0 Å². The molecular formula is C25H23N5O5. The van der Waals surface area contributed by atoms with Crippen LogP contribution in [0.3, 0.4) is 0 Å². The number of carbonyl (C=O) groups excluding carboxylic acids is 1. The average molecular weight is 473 g/mol. The second-order valence-electron chi connectivity index (χ2n) is 7.83. The molecule has 0 spiro atoms. The Morgan fingerprint density at radius 1 is 1.34 bits per heavy atom. The SMILES string of the molecule is C#Cc1cccc(Nc2ncnc3cc(OC)c(OC4CCN(C(=O)C=C)CC4)c([N+](=O)[O-])c23)c1. The average Bonchev–Trinajstić information content (AvgIpc) is 2.88. The van der Waals surface area contributed by atoms with Gasteiger partial charge in [-0.05, 0) is 24.3 Å². The molecule has 10 nitrogen and oxygen atoms in total. The quantitative estimate of drug-likeness (QED) is 0.238. The van der Waals surface area contributed by atoms with Crippen molar-refractivity contribution in [3.63, 3.8) is 0 Å².